The maximum atomic E-state index is 13.4. The standard InChI is InChI=1S/C24H31N3O2/c1-17-6-8-19(9-7-17)23(28)21-18(2)16-25(3)22(21)24(29)27-14-10-20(11-15-27)26-12-4-5-13-26/h6-9,16,20H,4-5,10-15H2,1-3H3. The smallest absolute Gasteiger partial charge is 0.271 e. The summed E-state index contributed by atoms with van der Waals surface area (Å²) in [5.74, 6) is -0.0886. The van der Waals surface area contributed by atoms with Gasteiger partial charge in [-0.15, -0.1) is 0 Å². The van der Waals surface area contributed by atoms with Gasteiger partial charge >= 0.3 is 0 Å². The Morgan fingerprint density at radius 2 is 1.55 bits per heavy atom. The van der Waals surface area contributed by atoms with Crippen molar-refractivity contribution in [3.63, 3.8) is 0 Å². The molecule has 2 fully saturated rings. The van der Waals surface area contributed by atoms with Gasteiger partial charge in [0.05, 0.1) is 5.56 Å². The zero-order valence-corrected chi connectivity index (χ0v) is 17.8. The summed E-state index contributed by atoms with van der Waals surface area (Å²) in [6, 6.07) is 8.18. The molecule has 154 valence electrons. The number of ketones is 1. The number of rotatable bonds is 4. The molecule has 5 heteroatoms. The highest BCUT2D eigenvalue weighted by Crippen LogP contribution is 2.26. The Labute approximate surface area is 173 Å². The molecule has 1 amide bonds. The van der Waals surface area contributed by atoms with Crippen molar-refractivity contribution in [3.8, 4) is 0 Å². The van der Waals surface area contributed by atoms with Crippen molar-refractivity contribution in [1.29, 1.82) is 0 Å². The van der Waals surface area contributed by atoms with Gasteiger partial charge in [0.2, 0.25) is 0 Å². The van der Waals surface area contributed by atoms with Crippen molar-refractivity contribution in [2.75, 3.05) is 26.2 Å². The van der Waals surface area contributed by atoms with Gasteiger partial charge < -0.3 is 14.4 Å². The van der Waals surface area contributed by atoms with Crippen molar-refractivity contribution in [2.45, 2.75) is 45.6 Å². The molecule has 4 rings (SSSR count). The third kappa shape index (κ3) is 3.88. The second-order valence-electron chi connectivity index (χ2n) is 8.61. The maximum absolute atomic E-state index is 13.4. The first-order chi connectivity index (χ1) is 14.0. The molecule has 0 saturated carbocycles. The number of piperidine rings is 1. The SMILES string of the molecule is Cc1ccc(C(=O)c2c(C)cn(C)c2C(=O)N2CCC(N3CCCC3)CC2)cc1. The molecule has 2 saturated heterocycles. The normalized spacial score (nSPS) is 18.4. The van der Waals surface area contributed by atoms with Crippen LogP contribution >= 0.6 is 0 Å². The fraction of sp³-hybridized carbons (Fsp3) is 0.500. The number of hydrogen-bond acceptors (Lipinski definition) is 3. The van der Waals surface area contributed by atoms with Gasteiger partial charge in [-0.3, -0.25) is 9.59 Å². The Hall–Kier alpha value is -2.40. The Balaban J connectivity index is 1.54. The van der Waals surface area contributed by atoms with E-state index in [9.17, 15) is 9.59 Å². The van der Waals surface area contributed by atoms with Crippen LogP contribution in [0.4, 0.5) is 0 Å². The number of aryl methyl sites for hydroxylation is 3. The van der Waals surface area contributed by atoms with E-state index < -0.39 is 0 Å². The Bertz CT molecular complexity index is 899. The molecule has 3 heterocycles. The van der Waals surface area contributed by atoms with Crippen LogP contribution in [0, 0.1) is 13.8 Å². The van der Waals surface area contributed by atoms with E-state index in [1.807, 2.05) is 60.8 Å². The van der Waals surface area contributed by atoms with Gasteiger partial charge in [0.25, 0.3) is 5.91 Å². The molecule has 0 N–H and O–H groups in total. The highest BCUT2D eigenvalue weighted by atomic mass is 16.2. The number of carbonyl (C=O) groups excluding carboxylic acids is 2. The molecule has 0 atom stereocenters. The van der Waals surface area contributed by atoms with Crippen LogP contribution in [-0.4, -0.2) is 58.3 Å². The zero-order valence-electron chi connectivity index (χ0n) is 17.8. The van der Waals surface area contributed by atoms with Crippen LogP contribution in [0.25, 0.3) is 0 Å². The Morgan fingerprint density at radius 1 is 0.931 bits per heavy atom. The molecule has 0 radical (unpaired) electrons. The summed E-state index contributed by atoms with van der Waals surface area (Å²) >= 11 is 0. The first-order valence-corrected chi connectivity index (χ1v) is 10.8. The summed E-state index contributed by atoms with van der Waals surface area (Å²) < 4.78 is 1.83. The second kappa shape index (κ2) is 8.15. The van der Waals surface area contributed by atoms with Crippen molar-refractivity contribution in [1.82, 2.24) is 14.4 Å². The average molecular weight is 394 g/mol. The third-order valence-corrected chi connectivity index (χ3v) is 6.52. The summed E-state index contributed by atoms with van der Waals surface area (Å²) in [5.41, 5.74) is 3.67. The van der Waals surface area contributed by atoms with Crippen LogP contribution in [0.5, 0.6) is 0 Å². The fourth-order valence-electron chi connectivity index (χ4n) is 4.87. The van der Waals surface area contributed by atoms with Gasteiger partial charge in [0, 0.05) is 37.9 Å². The minimum Gasteiger partial charge on any atom is -0.346 e. The first-order valence-electron chi connectivity index (χ1n) is 10.8. The van der Waals surface area contributed by atoms with E-state index in [-0.39, 0.29) is 11.7 Å². The monoisotopic (exact) mass is 393 g/mol. The van der Waals surface area contributed by atoms with Gasteiger partial charge in [-0.25, -0.2) is 0 Å². The molecule has 5 nitrogen and oxygen atoms in total. The number of likely N-dealkylation sites (tertiary alicyclic amines) is 2. The summed E-state index contributed by atoms with van der Waals surface area (Å²) in [7, 11) is 1.86. The van der Waals surface area contributed by atoms with E-state index in [1.54, 1.807) is 0 Å². The molecule has 0 unspecified atom stereocenters. The van der Waals surface area contributed by atoms with Gasteiger partial charge in [-0.2, -0.15) is 0 Å². The molecule has 2 aromatic rings. The lowest BCUT2D eigenvalue weighted by atomic mass is 9.98. The molecule has 29 heavy (non-hydrogen) atoms. The lowest BCUT2D eigenvalue weighted by molar-refractivity contribution is 0.0632. The molecule has 2 aliphatic rings. The molecule has 1 aromatic heterocycles. The predicted octanol–water partition coefficient (Wildman–Crippen LogP) is 3.57. The zero-order chi connectivity index (χ0) is 20.5. The van der Waals surface area contributed by atoms with Crippen LogP contribution in [0.3, 0.4) is 0 Å². The van der Waals surface area contributed by atoms with Crippen molar-refractivity contribution in [2.24, 2.45) is 7.05 Å². The van der Waals surface area contributed by atoms with Crippen LogP contribution in [0.1, 0.15) is 63.2 Å². The highest BCUT2D eigenvalue weighted by molar-refractivity contribution is 6.15. The summed E-state index contributed by atoms with van der Waals surface area (Å²) in [5, 5.41) is 0. The number of nitrogens with zero attached hydrogens (tertiary/aromatic N) is 3. The van der Waals surface area contributed by atoms with Crippen molar-refractivity contribution < 1.29 is 9.59 Å². The molecule has 1 aromatic carbocycles. The van der Waals surface area contributed by atoms with Gasteiger partial charge in [-0.05, 0) is 58.2 Å². The van der Waals surface area contributed by atoms with Crippen molar-refractivity contribution in [3.05, 3.63) is 58.4 Å². The van der Waals surface area contributed by atoms with Gasteiger partial charge in [-0.1, -0.05) is 29.8 Å². The third-order valence-electron chi connectivity index (χ3n) is 6.52. The fourth-order valence-corrected chi connectivity index (χ4v) is 4.87. The molecule has 0 aliphatic carbocycles. The maximum Gasteiger partial charge on any atom is 0.271 e. The molecule has 2 aliphatic heterocycles. The minimum absolute atomic E-state index is 0.0177. The van der Waals surface area contributed by atoms with Gasteiger partial charge in [0.1, 0.15) is 5.69 Å². The number of carbonyl (C=O) groups is 2. The molecular weight excluding hydrogens is 362 g/mol. The quantitative estimate of drug-likeness (QED) is 0.746. The number of aromatic nitrogens is 1. The average Bonchev–Trinajstić information content (AvgIpc) is 3.35. The van der Waals surface area contributed by atoms with Crippen LogP contribution in [0.2, 0.25) is 0 Å². The largest absolute Gasteiger partial charge is 0.346 e. The molecule has 0 spiro atoms. The van der Waals surface area contributed by atoms with Crippen molar-refractivity contribution >= 4 is 11.7 Å². The molecule has 0 bridgehead atoms. The summed E-state index contributed by atoms with van der Waals surface area (Å²) in [6.45, 7) is 7.85. The van der Waals surface area contributed by atoms with E-state index in [0.717, 1.165) is 37.1 Å². The van der Waals surface area contributed by atoms with Crippen LogP contribution in [-0.2, 0) is 7.05 Å². The topological polar surface area (TPSA) is 45.6 Å². The lowest BCUT2D eigenvalue weighted by Gasteiger charge is -2.36. The molecular formula is C24H31N3O2. The van der Waals surface area contributed by atoms with E-state index in [1.165, 1.54) is 25.9 Å². The number of hydrogen-bond donors (Lipinski definition) is 0. The highest BCUT2D eigenvalue weighted by Gasteiger charge is 2.32. The summed E-state index contributed by atoms with van der Waals surface area (Å²) in [6.07, 6.45) is 6.54. The Kier molecular flexibility index (Phi) is 5.59. The van der Waals surface area contributed by atoms with E-state index in [0.29, 0.717) is 22.9 Å². The number of benzene rings is 1. The van der Waals surface area contributed by atoms with Crippen LogP contribution in [0.15, 0.2) is 30.5 Å². The van der Waals surface area contributed by atoms with E-state index in [2.05, 4.69) is 4.90 Å². The second-order valence-corrected chi connectivity index (χ2v) is 8.61. The van der Waals surface area contributed by atoms with Gasteiger partial charge in [0.15, 0.2) is 5.78 Å². The number of amides is 1. The van der Waals surface area contributed by atoms with E-state index >= 15 is 0 Å². The summed E-state index contributed by atoms with van der Waals surface area (Å²) in [4.78, 5) is 31.2. The van der Waals surface area contributed by atoms with Crippen LogP contribution < -0.4 is 0 Å². The first kappa shape index (κ1) is 19.9. The predicted molar refractivity (Wildman–Crippen MR) is 114 cm³/mol. The van der Waals surface area contributed by atoms with E-state index in [4.69, 9.17) is 0 Å². The lowest BCUT2D eigenvalue weighted by Crippen LogP contribution is -2.46. The Morgan fingerprint density at radius 3 is 2.17 bits per heavy atom. The minimum atomic E-state index is -0.0709.